The SMILES string of the molecule is CC(C)(C)NCCCCCn1ccnc1. The second kappa shape index (κ2) is 5.91. The molecule has 3 heteroatoms. The van der Waals surface area contributed by atoms with E-state index in [4.69, 9.17) is 0 Å². The molecule has 0 radical (unpaired) electrons. The number of aromatic nitrogens is 2. The Bertz CT molecular complexity index is 246. The minimum absolute atomic E-state index is 0.254. The third-order valence-corrected chi connectivity index (χ3v) is 2.31. The van der Waals surface area contributed by atoms with Crippen LogP contribution in [0.2, 0.25) is 0 Å². The van der Waals surface area contributed by atoms with Crippen LogP contribution in [0.3, 0.4) is 0 Å². The van der Waals surface area contributed by atoms with Crippen LogP contribution in [0.15, 0.2) is 18.7 Å². The summed E-state index contributed by atoms with van der Waals surface area (Å²) >= 11 is 0. The van der Waals surface area contributed by atoms with Crippen molar-refractivity contribution in [3.05, 3.63) is 18.7 Å². The average molecular weight is 209 g/mol. The van der Waals surface area contributed by atoms with E-state index in [9.17, 15) is 0 Å². The highest BCUT2D eigenvalue weighted by molar-refractivity contribution is 4.74. The molecule has 3 nitrogen and oxygen atoms in total. The van der Waals surface area contributed by atoms with Gasteiger partial charge in [0.15, 0.2) is 0 Å². The smallest absolute Gasteiger partial charge is 0.0945 e. The number of rotatable bonds is 6. The van der Waals surface area contributed by atoms with Crippen molar-refractivity contribution in [3.63, 3.8) is 0 Å². The van der Waals surface area contributed by atoms with E-state index >= 15 is 0 Å². The number of nitrogens with one attached hydrogen (secondary N) is 1. The lowest BCUT2D eigenvalue weighted by atomic mass is 10.1. The average Bonchev–Trinajstić information content (AvgIpc) is 2.61. The standard InChI is InChI=1S/C12H23N3/c1-12(2,3)14-7-5-4-6-9-15-10-8-13-11-15/h8,10-11,14H,4-7,9H2,1-3H3. The molecule has 1 N–H and O–H groups in total. The molecule has 0 atom stereocenters. The highest BCUT2D eigenvalue weighted by atomic mass is 15.0. The van der Waals surface area contributed by atoms with Gasteiger partial charge >= 0.3 is 0 Å². The largest absolute Gasteiger partial charge is 0.337 e. The minimum Gasteiger partial charge on any atom is -0.337 e. The first-order chi connectivity index (χ1) is 7.08. The van der Waals surface area contributed by atoms with Crippen LogP contribution in [-0.2, 0) is 6.54 Å². The van der Waals surface area contributed by atoms with E-state index < -0.39 is 0 Å². The Balaban J connectivity index is 1.94. The van der Waals surface area contributed by atoms with Gasteiger partial charge in [0.05, 0.1) is 6.33 Å². The summed E-state index contributed by atoms with van der Waals surface area (Å²) in [5.74, 6) is 0. The molecule has 0 bridgehead atoms. The lowest BCUT2D eigenvalue weighted by Crippen LogP contribution is -2.36. The van der Waals surface area contributed by atoms with Gasteiger partial charge in [0.25, 0.3) is 0 Å². The van der Waals surface area contributed by atoms with E-state index in [1.807, 2.05) is 18.7 Å². The highest BCUT2D eigenvalue weighted by Gasteiger charge is 2.06. The molecule has 0 fully saturated rings. The molecule has 0 aliphatic carbocycles. The zero-order valence-corrected chi connectivity index (χ0v) is 10.2. The van der Waals surface area contributed by atoms with Crippen LogP contribution in [0.5, 0.6) is 0 Å². The van der Waals surface area contributed by atoms with Gasteiger partial charge < -0.3 is 9.88 Å². The molecule has 0 aliphatic heterocycles. The van der Waals surface area contributed by atoms with Gasteiger partial charge in [0.1, 0.15) is 0 Å². The molecule has 0 aromatic carbocycles. The lowest BCUT2D eigenvalue weighted by Gasteiger charge is -2.20. The molecular formula is C12H23N3. The number of hydrogen-bond acceptors (Lipinski definition) is 2. The van der Waals surface area contributed by atoms with Crippen molar-refractivity contribution in [2.45, 2.75) is 52.1 Å². The molecule has 15 heavy (non-hydrogen) atoms. The van der Waals surface area contributed by atoms with Crippen molar-refractivity contribution in [1.29, 1.82) is 0 Å². The summed E-state index contributed by atoms with van der Waals surface area (Å²) in [5.41, 5.74) is 0.254. The maximum atomic E-state index is 4.02. The van der Waals surface area contributed by atoms with E-state index in [1.165, 1.54) is 19.3 Å². The van der Waals surface area contributed by atoms with Gasteiger partial charge in [-0.2, -0.15) is 0 Å². The third kappa shape index (κ3) is 6.28. The Hall–Kier alpha value is -0.830. The summed E-state index contributed by atoms with van der Waals surface area (Å²) in [5, 5.41) is 3.50. The van der Waals surface area contributed by atoms with Gasteiger partial charge in [-0.15, -0.1) is 0 Å². The van der Waals surface area contributed by atoms with Crippen molar-refractivity contribution < 1.29 is 0 Å². The molecule has 1 rings (SSSR count). The number of aryl methyl sites for hydroxylation is 1. The normalized spacial score (nSPS) is 11.9. The van der Waals surface area contributed by atoms with Gasteiger partial charge in [-0.3, -0.25) is 0 Å². The second-order valence-corrected chi connectivity index (χ2v) is 5.04. The summed E-state index contributed by atoms with van der Waals surface area (Å²) in [6, 6.07) is 0. The Morgan fingerprint density at radius 2 is 2.00 bits per heavy atom. The van der Waals surface area contributed by atoms with E-state index in [0.29, 0.717) is 0 Å². The molecule has 0 amide bonds. The van der Waals surface area contributed by atoms with Gasteiger partial charge in [-0.05, 0) is 40.2 Å². The molecule has 0 aliphatic rings. The molecule has 1 aromatic rings. The van der Waals surface area contributed by atoms with Crippen LogP contribution in [0, 0.1) is 0 Å². The second-order valence-electron chi connectivity index (χ2n) is 5.04. The minimum atomic E-state index is 0.254. The maximum Gasteiger partial charge on any atom is 0.0945 e. The molecule has 0 saturated carbocycles. The van der Waals surface area contributed by atoms with Crippen LogP contribution in [0.25, 0.3) is 0 Å². The quantitative estimate of drug-likeness (QED) is 0.729. The predicted octanol–water partition coefficient (Wildman–Crippen LogP) is 2.44. The predicted molar refractivity (Wildman–Crippen MR) is 63.8 cm³/mol. The van der Waals surface area contributed by atoms with E-state index in [1.54, 1.807) is 0 Å². The van der Waals surface area contributed by atoms with E-state index in [-0.39, 0.29) is 5.54 Å². The van der Waals surface area contributed by atoms with E-state index in [2.05, 4.69) is 35.6 Å². The van der Waals surface area contributed by atoms with Crippen LogP contribution < -0.4 is 5.32 Å². The molecule has 1 heterocycles. The highest BCUT2D eigenvalue weighted by Crippen LogP contribution is 2.01. The topological polar surface area (TPSA) is 29.9 Å². The molecule has 1 aromatic heterocycles. The molecule has 0 unspecified atom stereocenters. The van der Waals surface area contributed by atoms with Crippen molar-refractivity contribution in [2.75, 3.05) is 6.54 Å². The fourth-order valence-electron chi connectivity index (χ4n) is 1.48. The van der Waals surface area contributed by atoms with Gasteiger partial charge in [-0.1, -0.05) is 6.42 Å². The van der Waals surface area contributed by atoms with Crippen LogP contribution >= 0.6 is 0 Å². The first kappa shape index (κ1) is 12.2. The first-order valence-corrected chi connectivity index (χ1v) is 5.79. The maximum absolute atomic E-state index is 4.02. The summed E-state index contributed by atoms with van der Waals surface area (Å²) in [6.45, 7) is 8.83. The zero-order chi connectivity index (χ0) is 11.1. The van der Waals surface area contributed by atoms with Gasteiger partial charge in [0, 0.05) is 24.5 Å². The fraction of sp³-hybridized carbons (Fsp3) is 0.750. The van der Waals surface area contributed by atoms with Crippen LogP contribution in [0.1, 0.15) is 40.0 Å². The zero-order valence-electron chi connectivity index (χ0n) is 10.2. The Morgan fingerprint density at radius 3 is 2.60 bits per heavy atom. The summed E-state index contributed by atoms with van der Waals surface area (Å²) in [7, 11) is 0. The van der Waals surface area contributed by atoms with Gasteiger partial charge in [0.2, 0.25) is 0 Å². The molecule has 0 saturated heterocycles. The van der Waals surface area contributed by atoms with Crippen molar-refractivity contribution in [2.24, 2.45) is 0 Å². The van der Waals surface area contributed by atoms with Crippen LogP contribution in [-0.4, -0.2) is 21.6 Å². The fourth-order valence-corrected chi connectivity index (χ4v) is 1.48. The number of unbranched alkanes of at least 4 members (excludes halogenated alkanes) is 2. The monoisotopic (exact) mass is 209 g/mol. The number of nitrogens with zero attached hydrogens (tertiary/aromatic N) is 2. The summed E-state index contributed by atoms with van der Waals surface area (Å²) in [4.78, 5) is 4.02. The number of imidazole rings is 1. The molecular weight excluding hydrogens is 186 g/mol. The summed E-state index contributed by atoms with van der Waals surface area (Å²) in [6.07, 6.45) is 9.51. The number of hydrogen-bond donors (Lipinski definition) is 1. The Labute approximate surface area is 92.9 Å². The van der Waals surface area contributed by atoms with Crippen molar-refractivity contribution in [1.82, 2.24) is 14.9 Å². The Kier molecular flexibility index (Phi) is 4.82. The van der Waals surface area contributed by atoms with Crippen LogP contribution in [0.4, 0.5) is 0 Å². The first-order valence-electron chi connectivity index (χ1n) is 5.79. The van der Waals surface area contributed by atoms with Crippen molar-refractivity contribution in [3.8, 4) is 0 Å². The van der Waals surface area contributed by atoms with E-state index in [0.717, 1.165) is 13.1 Å². The summed E-state index contributed by atoms with van der Waals surface area (Å²) < 4.78 is 2.14. The Morgan fingerprint density at radius 1 is 1.20 bits per heavy atom. The van der Waals surface area contributed by atoms with Gasteiger partial charge in [-0.25, -0.2) is 4.98 Å². The lowest BCUT2D eigenvalue weighted by molar-refractivity contribution is 0.414. The molecule has 0 spiro atoms. The van der Waals surface area contributed by atoms with Crippen molar-refractivity contribution >= 4 is 0 Å². The third-order valence-electron chi connectivity index (χ3n) is 2.31. The molecule has 86 valence electrons.